The first-order valence-electron chi connectivity index (χ1n) is 8.87. The Labute approximate surface area is 159 Å². The Morgan fingerprint density at radius 3 is 2.42 bits per heavy atom. The molecule has 0 aliphatic rings. The number of benzene rings is 1. The second-order valence-corrected chi connectivity index (χ2v) is 6.36. The van der Waals surface area contributed by atoms with E-state index < -0.39 is 0 Å². The van der Waals surface area contributed by atoms with Crippen molar-refractivity contribution in [2.45, 2.75) is 39.7 Å². The van der Waals surface area contributed by atoms with Crippen LogP contribution in [-0.4, -0.2) is 24.1 Å². The molecule has 1 heterocycles. The number of hydrogen-bond donors (Lipinski definition) is 1. The third kappa shape index (κ3) is 5.63. The normalized spacial score (nSPS) is 11.7. The summed E-state index contributed by atoms with van der Waals surface area (Å²) in [7, 11) is 0. The van der Waals surface area contributed by atoms with E-state index >= 15 is 0 Å². The lowest BCUT2D eigenvalue weighted by Gasteiger charge is -2.18. The van der Waals surface area contributed by atoms with Crippen molar-refractivity contribution in [2.75, 3.05) is 13.2 Å². The summed E-state index contributed by atoms with van der Waals surface area (Å²) in [5.41, 5.74) is 1.40. The fraction of sp³-hybridized carbons (Fsp3) is 0.400. The molecule has 0 aliphatic heterocycles. The second-order valence-electron chi connectivity index (χ2n) is 5.97. The van der Waals surface area contributed by atoms with E-state index in [1.807, 2.05) is 25.1 Å². The largest absolute Gasteiger partial charge is 0.490 e. The minimum atomic E-state index is -0.205. The third-order valence-electron chi connectivity index (χ3n) is 3.73. The molecule has 0 spiro atoms. The molecular formula is C20H25ClN2O3. The molecule has 0 unspecified atom stereocenters. The van der Waals surface area contributed by atoms with Gasteiger partial charge in [0.2, 0.25) is 0 Å². The van der Waals surface area contributed by atoms with E-state index in [2.05, 4.69) is 24.1 Å². The summed E-state index contributed by atoms with van der Waals surface area (Å²) in [6.45, 7) is 7.29. The lowest BCUT2D eigenvalue weighted by atomic mass is 10.1. The van der Waals surface area contributed by atoms with Gasteiger partial charge in [-0.15, -0.1) is 0 Å². The standard InChI is InChI=1S/C20H25ClN2O3/c1-4-10-25-17-8-6-15(12-18(17)26-11-5-2)14(3)23-20(24)16-7-9-19(21)22-13-16/h6-9,12-14H,4-5,10-11H2,1-3H3,(H,23,24)/t14-/m1/s1. The van der Waals surface area contributed by atoms with Crippen molar-refractivity contribution in [1.82, 2.24) is 10.3 Å². The molecule has 0 bridgehead atoms. The molecule has 0 saturated carbocycles. The predicted octanol–water partition coefficient (Wildman–Crippen LogP) is 4.80. The molecule has 2 aromatic rings. The van der Waals surface area contributed by atoms with Gasteiger partial charge < -0.3 is 14.8 Å². The van der Waals surface area contributed by atoms with E-state index in [1.165, 1.54) is 6.20 Å². The van der Waals surface area contributed by atoms with Crippen molar-refractivity contribution in [3.63, 3.8) is 0 Å². The van der Waals surface area contributed by atoms with Gasteiger partial charge >= 0.3 is 0 Å². The van der Waals surface area contributed by atoms with Crippen LogP contribution in [0.4, 0.5) is 0 Å². The summed E-state index contributed by atoms with van der Waals surface area (Å²) in [5.74, 6) is 1.22. The molecule has 0 fully saturated rings. The van der Waals surface area contributed by atoms with E-state index in [4.69, 9.17) is 21.1 Å². The molecule has 1 atom stereocenters. The number of nitrogens with one attached hydrogen (secondary N) is 1. The number of pyridine rings is 1. The van der Waals surface area contributed by atoms with Crippen molar-refractivity contribution in [1.29, 1.82) is 0 Å². The van der Waals surface area contributed by atoms with Crippen molar-refractivity contribution in [3.05, 3.63) is 52.8 Å². The van der Waals surface area contributed by atoms with Crippen LogP contribution in [-0.2, 0) is 0 Å². The molecular weight excluding hydrogens is 352 g/mol. The number of amides is 1. The van der Waals surface area contributed by atoms with Crippen LogP contribution in [0.3, 0.4) is 0 Å². The lowest BCUT2D eigenvalue weighted by Crippen LogP contribution is -2.26. The Bertz CT molecular complexity index is 719. The summed E-state index contributed by atoms with van der Waals surface area (Å²) >= 11 is 5.76. The Hall–Kier alpha value is -2.27. The number of carbonyl (C=O) groups is 1. The molecule has 6 heteroatoms. The third-order valence-corrected chi connectivity index (χ3v) is 3.95. The second kappa shape index (κ2) is 10.0. The highest BCUT2D eigenvalue weighted by atomic mass is 35.5. The van der Waals surface area contributed by atoms with Gasteiger partial charge in [0.15, 0.2) is 11.5 Å². The lowest BCUT2D eigenvalue weighted by molar-refractivity contribution is 0.0939. The SMILES string of the molecule is CCCOc1ccc([C@@H](C)NC(=O)c2ccc(Cl)nc2)cc1OCCC. The summed E-state index contributed by atoms with van der Waals surface area (Å²) in [6.07, 6.45) is 3.30. The molecule has 1 aromatic heterocycles. The van der Waals surface area contributed by atoms with Crippen LogP contribution in [0.15, 0.2) is 36.5 Å². The van der Waals surface area contributed by atoms with E-state index in [1.54, 1.807) is 12.1 Å². The minimum absolute atomic E-state index is 0.192. The van der Waals surface area contributed by atoms with Crippen molar-refractivity contribution in [2.24, 2.45) is 0 Å². The van der Waals surface area contributed by atoms with Gasteiger partial charge in [-0.3, -0.25) is 4.79 Å². The quantitative estimate of drug-likeness (QED) is 0.638. The summed E-state index contributed by atoms with van der Waals surface area (Å²) in [6, 6.07) is 8.80. The van der Waals surface area contributed by atoms with Gasteiger partial charge in [0.25, 0.3) is 5.91 Å². The van der Waals surface area contributed by atoms with E-state index in [0.717, 1.165) is 24.2 Å². The topological polar surface area (TPSA) is 60.5 Å². The fourth-order valence-electron chi connectivity index (χ4n) is 2.32. The number of aromatic nitrogens is 1. The zero-order chi connectivity index (χ0) is 18.9. The monoisotopic (exact) mass is 376 g/mol. The maximum absolute atomic E-state index is 12.4. The molecule has 1 amide bonds. The highest BCUT2D eigenvalue weighted by Crippen LogP contribution is 2.31. The number of rotatable bonds is 9. The summed E-state index contributed by atoms with van der Waals surface area (Å²) in [5, 5.41) is 3.32. The molecule has 140 valence electrons. The zero-order valence-corrected chi connectivity index (χ0v) is 16.2. The average Bonchev–Trinajstić information content (AvgIpc) is 2.65. The van der Waals surface area contributed by atoms with E-state index in [9.17, 15) is 4.79 Å². The Balaban J connectivity index is 2.12. The predicted molar refractivity (Wildman–Crippen MR) is 103 cm³/mol. The molecule has 0 aliphatic carbocycles. The van der Waals surface area contributed by atoms with Crippen LogP contribution in [0.2, 0.25) is 5.15 Å². The van der Waals surface area contributed by atoms with E-state index in [-0.39, 0.29) is 11.9 Å². The molecule has 2 rings (SSSR count). The first-order chi connectivity index (χ1) is 12.5. The highest BCUT2D eigenvalue weighted by molar-refractivity contribution is 6.29. The highest BCUT2D eigenvalue weighted by Gasteiger charge is 2.15. The number of carbonyl (C=O) groups excluding carboxylic acids is 1. The maximum atomic E-state index is 12.4. The first kappa shape index (κ1) is 20.0. The van der Waals surface area contributed by atoms with Crippen molar-refractivity contribution in [3.8, 4) is 11.5 Å². The Kier molecular flexibility index (Phi) is 7.73. The molecule has 1 N–H and O–H groups in total. The van der Waals surface area contributed by atoms with Gasteiger partial charge in [-0.25, -0.2) is 4.98 Å². The number of hydrogen-bond acceptors (Lipinski definition) is 4. The summed E-state index contributed by atoms with van der Waals surface area (Å²) in [4.78, 5) is 16.3. The first-order valence-corrected chi connectivity index (χ1v) is 9.24. The van der Waals surface area contributed by atoms with E-state index in [0.29, 0.717) is 29.7 Å². The van der Waals surface area contributed by atoms with Gasteiger partial charge in [0.1, 0.15) is 5.15 Å². The number of halogens is 1. The van der Waals surface area contributed by atoms with Gasteiger partial charge in [-0.1, -0.05) is 31.5 Å². The average molecular weight is 377 g/mol. The van der Waals surface area contributed by atoms with Crippen molar-refractivity contribution < 1.29 is 14.3 Å². The minimum Gasteiger partial charge on any atom is -0.490 e. The smallest absolute Gasteiger partial charge is 0.253 e. The molecule has 0 saturated heterocycles. The fourth-order valence-corrected chi connectivity index (χ4v) is 2.44. The van der Waals surface area contributed by atoms with Gasteiger partial charge in [-0.2, -0.15) is 0 Å². The maximum Gasteiger partial charge on any atom is 0.253 e. The van der Waals surface area contributed by atoms with Gasteiger partial charge in [0.05, 0.1) is 24.8 Å². The van der Waals surface area contributed by atoms with Crippen LogP contribution in [0.25, 0.3) is 0 Å². The van der Waals surface area contributed by atoms with Crippen molar-refractivity contribution >= 4 is 17.5 Å². The molecule has 1 aromatic carbocycles. The Morgan fingerprint density at radius 2 is 1.81 bits per heavy atom. The molecule has 5 nitrogen and oxygen atoms in total. The summed E-state index contributed by atoms with van der Waals surface area (Å²) < 4.78 is 11.6. The molecule has 0 radical (unpaired) electrons. The van der Waals surface area contributed by atoms with Gasteiger partial charge in [-0.05, 0) is 49.6 Å². The number of nitrogens with zero attached hydrogens (tertiary/aromatic N) is 1. The Morgan fingerprint density at radius 1 is 1.12 bits per heavy atom. The number of ether oxygens (including phenoxy) is 2. The van der Waals surface area contributed by atoms with Crippen LogP contribution in [0, 0.1) is 0 Å². The zero-order valence-electron chi connectivity index (χ0n) is 15.4. The van der Waals surface area contributed by atoms with Gasteiger partial charge in [0, 0.05) is 6.20 Å². The van der Waals surface area contributed by atoms with Crippen LogP contribution < -0.4 is 14.8 Å². The molecule has 26 heavy (non-hydrogen) atoms. The van der Waals surface area contributed by atoms with Crippen LogP contribution in [0.1, 0.15) is 55.6 Å². The van der Waals surface area contributed by atoms with Crippen LogP contribution >= 0.6 is 11.6 Å². The van der Waals surface area contributed by atoms with Crippen LogP contribution in [0.5, 0.6) is 11.5 Å².